The molecule has 3 nitrogen and oxygen atoms in total. The summed E-state index contributed by atoms with van der Waals surface area (Å²) in [4.78, 5) is 13.2. The third kappa shape index (κ3) is 2.03. The minimum atomic E-state index is -0.856. The van der Waals surface area contributed by atoms with Gasteiger partial charge in [0.15, 0.2) is 0 Å². The molecule has 1 amide bonds. The van der Waals surface area contributed by atoms with E-state index in [0.717, 1.165) is 6.07 Å². The number of hydrogen-bond acceptors (Lipinski definition) is 2. The van der Waals surface area contributed by atoms with Crippen LogP contribution < -0.4 is 0 Å². The number of aliphatic hydroxyl groups is 1. The highest BCUT2D eigenvalue weighted by molar-refractivity contribution is 6.31. The first-order valence-corrected chi connectivity index (χ1v) is 5.23. The number of β-amino-alcohol motifs (C(OH)–C–C–N with tert-alkyl or cyclic N) is 1. The van der Waals surface area contributed by atoms with Crippen molar-refractivity contribution in [1.29, 1.82) is 0 Å². The first kappa shape index (κ1) is 11.4. The van der Waals surface area contributed by atoms with Crippen LogP contribution in [-0.2, 0) is 0 Å². The Balaban J connectivity index is 2.19. The molecular weight excluding hydrogens is 233 g/mol. The third-order valence-corrected chi connectivity index (χ3v) is 2.74. The van der Waals surface area contributed by atoms with E-state index in [-0.39, 0.29) is 18.7 Å². The van der Waals surface area contributed by atoms with Crippen molar-refractivity contribution in [3.8, 4) is 0 Å². The predicted molar refractivity (Wildman–Crippen MR) is 57.9 cm³/mol. The molecule has 0 aromatic heterocycles. The van der Waals surface area contributed by atoms with Gasteiger partial charge in [0.1, 0.15) is 5.82 Å². The summed E-state index contributed by atoms with van der Waals surface area (Å²) in [6, 6.07) is 3.85. The van der Waals surface area contributed by atoms with Gasteiger partial charge in [-0.1, -0.05) is 11.6 Å². The molecule has 1 aromatic rings. The minimum absolute atomic E-state index is 0.0528. The summed E-state index contributed by atoms with van der Waals surface area (Å²) in [5.74, 6) is -1.03. The van der Waals surface area contributed by atoms with Crippen LogP contribution in [0.1, 0.15) is 17.3 Å². The summed E-state index contributed by atoms with van der Waals surface area (Å²) in [6.45, 7) is 2.07. The van der Waals surface area contributed by atoms with Crippen LogP contribution >= 0.6 is 11.6 Å². The standard InChI is InChI=1S/C11H11ClFNO2/c1-11(16)5-14(6-11)10(15)8-4-7(12)2-3-9(8)13/h2-4,16H,5-6H2,1H3. The van der Waals surface area contributed by atoms with Crippen molar-refractivity contribution in [2.75, 3.05) is 13.1 Å². The fraction of sp³-hybridized carbons (Fsp3) is 0.364. The number of carbonyl (C=O) groups is 1. The Morgan fingerprint density at radius 1 is 1.56 bits per heavy atom. The lowest BCUT2D eigenvalue weighted by Crippen LogP contribution is -2.61. The van der Waals surface area contributed by atoms with Crippen molar-refractivity contribution in [3.63, 3.8) is 0 Å². The maximum absolute atomic E-state index is 13.4. The fourth-order valence-corrected chi connectivity index (χ4v) is 1.92. The highest BCUT2D eigenvalue weighted by atomic mass is 35.5. The molecule has 1 heterocycles. The first-order valence-electron chi connectivity index (χ1n) is 4.86. The molecule has 0 aliphatic carbocycles. The van der Waals surface area contributed by atoms with Crippen LogP contribution in [0.2, 0.25) is 5.02 Å². The van der Waals surface area contributed by atoms with Gasteiger partial charge >= 0.3 is 0 Å². The van der Waals surface area contributed by atoms with Crippen molar-refractivity contribution >= 4 is 17.5 Å². The number of halogens is 2. The van der Waals surface area contributed by atoms with Crippen LogP contribution in [0.25, 0.3) is 0 Å². The average molecular weight is 244 g/mol. The summed E-state index contributed by atoms with van der Waals surface area (Å²) in [5.41, 5.74) is -0.909. The summed E-state index contributed by atoms with van der Waals surface area (Å²) in [5, 5.41) is 9.81. The quantitative estimate of drug-likeness (QED) is 0.815. The van der Waals surface area contributed by atoms with Gasteiger partial charge in [-0.05, 0) is 25.1 Å². The van der Waals surface area contributed by atoms with Crippen LogP contribution in [0.15, 0.2) is 18.2 Å². The van der Waals surface area contributed by atoms with Crippen LogP contribution in [0.4, 0.5) is 4.39 Å². The molecule has 2 rings (SSSR count). The minimum Gasteiger partial charge on any atom is -0.386 e. The first-order chi connectivity index (χ1) is 7.39. The van der Waals surface area contributed by atoms with E-state index in [1.807, 2.05) is 0 Å². The number of rotatable bonds is 1. The van der Waals surface area contributed by atoms with Gasteiger partial charge in [-0.3, -0.25) is 4.79 Å². The van der Waals surface area contributed by atoms with Gasteiger partial charge in [0.25, 0.3) is 5.91 Å². The Bertz CT molecular complexity index is 440. The lowest BCUT2D eigenvalue weighted by Gasteiger charge is -2.44. The van der Waals surface area contributed by atoms with E-state index in [2.05, 4.69) is 0 Å². The van der Waals surface area contributed by atoms with Gasteiger partial charge in [-0.25, -0.2) is 4.39 Å². The van der Waals surface area contributed by atoms with Gasteiger partial charge in [0.05, 0.1) is 24.3 Å². The molecule has 0 radical (unpaired) electrons. The van der Waals surface area contributed by atoms with E-state index in [1.54, 1.807) is 6.92 Å². The van der Waals surface area contributed by atoms with Crippen LogP contribution in [0, 0.1) is 5.82 Å². The van der Waals surface area contributed by atoms with Crippen molar-refractivity contribution < 1.29 is 14.3 Å². The third-order valence-electron chi connectivity index (χ3n) is 2.51. The lowest BCUT2D eigenvalue weighted by molar-refractivity contribution is -0.0670. The van der Waals surface area contributed by atoms with Crippen LogP contribution in [0.3, 0.4) is 0 Å². The Labute approximate surface area is 97.4 Å². The number of carbonyl (C=O) groups excluding carboxylic acids is 1. The summed E-state index contributed by atoms with van der Waals surface area (Å²) in [6.07, 6.45) is 0. The number of hydrogen-bond donors (Lipinski definition) is 1. The van der Waals surface area contributed by atoms with Crippen molar-refractivity contribution in [1.82, 2.24) is 4.90 Å². The molecule has 16 heavy (non-hydrogen) atoms. The van der Waals surface area contributed by atoms with Gasteiger partial charge in [-0.15, -0.1) is 0 Å². The number of benzene rings is 1. The molecule has 1 aromatic carbocycles. The van der Waals surface area contributed by atoms with E-state index in [4.69, 9.17) is 11.6 Å². The monoisotopic (exact) mass is 243 g/mol. The number of likely N-dealkylation sites (tertiary alicyclic amines) is 1. The van der Waals surface area contributed by atoms with E-state index >= 15 is 0 Å². The molecule has 1 aliphatic rings. The second-order valence-corrected chi connectivity index (χ2v) is 4.72. The molecule has 1 fully saturated rings. The molecule has 1 aliphatic heterocycles. The molecule has 5 heteroatoms. The molecule has 0 atom stereocenters. The van der Waals surface area contributed by atoms with E-state index in [9.17, 15) is 14.3 Å². The van der Waals surface area contributed by atoms with Gasteiger partial charge in [0, 0.05) is 5.02 Å². The molecule has 1 saturated heterocycles. The molecule has 1 N–H and O–H groups in total. The highest BCUT2D eigenvalue weighted by Gasteiger charge is 2.40. The topological polar surface area (TPSA) is 40.5 Å². The fourth-order valence-electron chi connectivity index (χ4n) is 1.75. The second-order valence-electron chi connectivity index (χ2n) is 4.28. The van der Waals surface area contributed by atoms with Crippen LogP contribution in [0.5, 0.6) is 0 Å². The maximum atomic E-state index is 13.4. The Hall–Kier alpha value is -1.13. The van der Waals surface area contributed by atoms with Gasteiger partial charge in [0.2, 0.25) is 0 Å². The zero-order valence-electron chi connectivity index (χ0n) is 8.70. The van der Waals surface area contributed by atoms with Crippen molar-refractivity contribution in [2.24, 2.45) is 0 Å². The van der Waals surface area contributed by atoms with Gasteiger partial charge in [-0.2, -0.15) is 0 Å². The molecule has 0 saturated carbocycles. The van der Waals surface area contributed by atoms with Crippen molar-refractivity contribution in [2.45, 2.75) is 12.5 Å². The number of amides is 1. The summed E-state index contributed by atoms with van der Waals surface area (Å²) in [7, 11) is 0. The SMILES string of the molecule is CC1(O)CN(C(=O)c2cc(Cl)ccc2F)C1. The zero-order chi connectivity index (χ0) is 11.9. The normalized spacial score (nSPS) is 18.1. The van der Waals surface area contributed by atoms with E-state index in [0.29, 0.717) is 5.02 Å². The maximum Gasteiger partial charge on any atom is 0.257 e. The lowest BCUT2D eigenvalue weighted by atomic mass is 9.96. The smallest absolute Gasteiger partial charge is 0.257 e. The predicted octanol–water partition coefficient (Wildman–Crippen LogP) is 1.69. The molecule has 0 unspecified atom stereocenters. The molecule has 0 spiro atoms. The van der Waals surface area contributed by atoms with E-state index < -0.39 is 17.3 Å². The Morgan fingerprint density at radius 3 is 2.75 bits per heavy atom. The van der Waals surface area contributed by atoms with Crippen molar-refractivity contribution in [3.05, 3.63) is 34.6 Å². The largest absolute Gasteiger partial charge is 0.386 e. The zero-order valence-corrected chi connectivity index (χ0v) is 9.46. The second kappa shape index (κ2) is 3.71. The van der Waals surface area contributed by atoms with Gasteiger partial charge < -0.3 is 10.0 Å². The summed E-state index contributed by atoms with van der Waals surface area (Å²) >= 11 is 5.70. The average Bonchev–Trinajstić information content (AvgIpc) is 2.17. The Morgan fingerprint density at radius 2 is 2.19 bits per heavy atom. The highest BCUT2D eigenvalue weighted by Crippen LogP contribution is 2.24. The molecular formula is C11H11ClFNO2. The number of nitrogens with zero attached hydrogens (tertiary/aromatic N) is 1. The van der Waals surface area contributed by atoms with Crippen LogP contribution in [-0.4, -0.2) is 34.6 Å². The summed E-state index contributed by atoms with van der Waals surface area (Å²) < 4.78 is 13.4. The molecule has 86 valence electrons. The Kier molecular flexibility index (Phi) is 2.64. The molecule has 0 bridgehead atoms. The van der Waals surface area contributed by atoms with E-state index in [1.165, 1.54) is 17.0 Å².